The maximum atomic E-state index is 12.2. The van der Waals surface area contributed by atoms with Crippen molar-refractivity contribution in [3.8, 4) is 0 Å². The van der Waals surface area contributed by atoms with Gasteiger partial charge >= 0.3 is 0 Å². The number of hydrogen-bond donors (Lipinski definition) is 1. The molecule has 1 aromatic rings. The normalized spacial score (nSPS) is 16.2. The Hall–Kier alpha value is -1.26. The second-order valence-corrected chi connectivity index (χ2v) is 5.37. The summed E-state index contributed by atoms with van der Waals surface area (Å²) in [7, 11) is 3.88. The topological polar surface area (TPSA) is 41.6 Å². The number of ether oxygens (including phenoxy) is 1. The zero-order valence-electron chi connectivity index (χ0n) is 11.3. The van der Waals surface area contributed by atoms with E-state index in [1.54, 1.807) is 6.07 Å². The van der Waals surface area contributed by atoms with Gasteiger partial charge in [-0.3, -0.25) is 4.79 Å². The zero-order chi connectivity index (χ0) is 13.8. The summed E-state index contributed by atoms with van der Waals surface area (Å²) in [5, 5.41) is 3.60. The molecule has 2 rings (SSSR count). The molecule has 1 fully saturated rings. The van der Waals surface area contributed by atoms with Crippen LogP contribution >= 0.6 is 11.6 Å². The lowest BCUT2D eigenvalue weighted by atomic mass is 9.99. The largest absolute Gasteiger partial charge is 0.381 e. The summed E-state index contributed by atoms with van der Waals surface area (Å²) >= 11 is 6.00. The van der Waals surface area contributed by atoms with Crippen molar-refractivity contribution in [3.63, 3.8) is 0 Å². The molecule has 1 saturated heterocycles. The molecule has 1 aromatic carbocycles. The monoisotopic (exact) mass is 282 g/mol. The van der Waals surface area contributed by atoms with E-state index in [0.717, 1.165) is 24.2 Å². The predicted octanol–water partition coefficient (Wildman–Crippen LogP) is 2.77. The van der Waals surface area contributed by atoms with Crippen molar-refractivity contribution in [2.45, 2.75) is 12.8 Å². The Morgan fingerprint density at radius 3 is 2.68 bits per heavy atom. The molecule has 0 aliphatic carbocycles. The van der Waals surface area contributed by atoms with E-state index < -0.39 is 0 Å². The molecule has 1 amide bonds. The van der Waals surface area contributed by atoms with Gasteiger partial charge in [0, 0.05) is 38.2 Å². The summed E-state index contributed by atoms with van der Waals surface area (Å²) in [6.45, 7) is 1.32. The molecule has 0 unspecified atom stereocenters. The lowest BCUT2D eigenvalue weighted by Gasteiger charge is -2.23. The number of benzene rings is 1. The van der Waals surface area contributed by atoms with Crippen LogP contribution in [0.2, 0.25) is 5.02 Å². The third-order valence-electron chi connectivity index (χ3n) is 3.29. The molecule has 0 spiro atoms. The van der Waals surface area contributed by atoms with Crippen LogP contribution in [0.25, 0.3) is 0 Å². The van der Waals surface area contributed by atoms with Crippen LogP contribution in [0.5, 0.6) is 0 Å². The van der Waals surface area contributed by atoms with E-state index in [4.69, 9.17) is 16.3 Å². The Morgan fingerprint density at radius 2 is 2.05 bits per heavy atom. The van der Waals surface area contributed by atoms with E-state index in [-0.39, 0.29) is 11.8 Å². The second-order valence-electron chi connectivity index (χ2n) is 4.93. The molecule has 0 saturated carbocycles. The Kier molecular flexibility index (Phi) is 4.66. The number of nitrogens with zero attached hydrogens (tertiary/aromatic N) is 1. The van der Waals surface area contributed by atoms with Gasteiger partial charge in [-0.25, -0.2) is 0 Å². The number of carbonyl (C=O) groups is 1. The first-order valence-corrected chi connectivity index (χ1v) is 6.81. The van der Waals surface area contributed by atoms with Crippen LogP contribution in [0.3, 0.4) is 0 Å². The van der Waals surface area contributed by atoms with Crippen LogP contribution < -0.4 is 10.2 Å². The lowest BCUT2D eigenvalue weighted by Crippen LogP contribution is -2.29. The fourth-order valence-corrected chi connectivity index (χ4v) is 2.37. The Balaban J connectivity index is 2.13. The highest BCUT2D eigenvalue weighted by Crippen LogP contribution is 2.29. The number of halogens is 1. The minimum absolute atomic E-state index is 0.0303. The van der Waals surface area contributed by atoms with Crippen molar-refractivity contribution in [3.05, 3.63) is 23.2 Å². The van der Waals surface area contributed by atoms with Gasteiger partial charge in [0.25, 0.3) is 0 Å². The van der Waals surface area contributed by atoms with E-state index in [0.29, 0.717) is 18.2 Å². The molecule has 4 nitrogen and oxygen atoms in total. The van der Waals surface area contributed by atoms with Crippen LogP contribution in [0.4, 0.5) is 11.4 Å². The molecule has 1 aliphatic heterocycles. The number of nitrogens with one attached hydrogen (secondary N) is 1. The van der Waals surface area contributed by atoms with Crippen LogP contribution in [-0.2, 0) is 9.53 Å². The van der Waals surface area contributed by atoms with Gasteiger partial charge < -0.3 is 15.0 Å². The summed E-state index contributed by atoms with van der Waals surface area (Å²) in [4.78, 5) is 14.2. The number of anilines is 2. The highest BCUT2D eigenvalue weighted by molar-refractivity contribution is 6.31. The average molecular weight is 283 g/mol. The number of hydrogen-bond acceptors (Lipinski definition) is 3. The molecule has 1 N–H and O–H groups in total. The number of carbonyl (C=O) groups excluding carboxylic acids is 1. The molecule has 0 radical (unpaired) electrons. The fraction of sp³-hybridized carbons (Fsp3) is 0.500. The summed E-state index contributed by atoms with van der Waals surface area (Å²) in [5.74, 6) is 0.0800. The first-order chi connectivity index (χ1) is 9.08. The maximum absolute atomic E-state index is 12.2. The van der Waals surface area contributed by atoms with E-state index >= 15 is 0 Å². The Bertz CT molecular complexity index is 457. The Morgan fingerprint density at radius 1 is 1.37 bits per heavy atom. The van der Waals surface area contributed by atoms with Crippen molar-refractivity contribution in [1.29, 1.82) is 0 Å². The standard InChI is InChI=1S/C14H19ClN2O2/c1-17(2)13-4-3-11(15)9-12(13)16-14(18)10-5-7-19-8-6-10/h3-4,9-10H,5-8H2,1-2H3,(H,16,18). The summed E-state index contributed by atoms with van der Waals surface area (Å²) in [6.07, 6.45) is 1.56. The molecule has 0 bridgehead atoms. The minimum atomic E-state index is 0.0303. The first kappa shape index (κ1) is 14.2. The minimum Gasteiger partial charge on any atom is -0.381 e. The lowest BCUT2D eigenvalue weighted by molar-refractivity contribution is -0.122. The summed E-state index contributed by atoms with van der Waals surface area (Å²) < 4.78 is 5.27. The van der Waals surface area contributed by atoms with Gasteiger partial charge in [-0.2, -0.15) is 0 Å². The predicted molar refractivity (Wildman–Crippen MR) is 78.0 cm³/mol. The third-order valence-corrected chi connectivity index (χ3v) is 3.53. The van der Waals surface area contributed by atoms with Gasteiger partial charge in [-0.1, -0.05) is 11.6 Å². The second kappa shape index (κ2) is 6.26. The molecule has 19 heavy (non-hydrogen) atoms. The molecule has 5 heteroatoms. The molecule has 0 atom stereocenters. The average Bonchev–Trinajstić information content (AvgIpc) is 2.39. The van der Waals surface area contributed by atoms with Gasteiger partial charge in [0.2, 0.25) is 5.91 Å². The van der Waals surface area contributed by atoms with Crippen molar-refractivity contribution in [2.24, 2.45) is 5.92 Å². The highest BCUT2D eigenvalue weighted by atomic mass is 35.5. The number of amides is 1. The zero-order valence-corrected chi connectivity index (χ0v) is 12.0. The van der Waals surface area contributed by atoms with Crippen molar-refractivity contribution >= 4 is 28.9 Å². The SMILES string of the molecule is CN(C)c1ccc(Cl)cc1NC(=O)C1CCOCC1. The van der Waals surface area contributed by atoms with Crippen molar-refractivity contribution in [1.82, 2.24) is 0 Å². The van der Waals surface area contributed by atoms with Gasteiger partial charge in [-0.05, 0) is 31.0 Å². The molecular formula is C14H19ClN2O2. The maximum Gasteiger partial charge on any atom is 0.227 e. The van der Waals surface area contributed by atoms with Crippen LogP contribution in [-0.4, -0.2) is 33.2 Å². The molecule has 0 aromatic heterocycles. The van der Waals surface area contributed by atoms with Crippen molar-refractivity contribution in [2.75, 3.05) is 37.5 Å². The molecular weight excluding hydrogens is 264 g/mol. The van der Waals surface area contributed by atoms with Crippen LogP contribution in [0, 0.1) is 5.92 Å². The van der Waals surface area contributed by atoms with E-state index in [2.05, 4.69) is 5.32 Å². The third kappa shape index (κ3) is 3.61. The summed E-state index contributed by atoms with van der Waals surface area (Å²) in [5.41, 5.74) is 1.71. The highest BCUT2D eigenvalue weighted by Gasteiger charge is 2.22. The van der Waals surface area contributed by atoms with E-state index in [1.807, 2.05) is 31.1 Å². The van der Waals surface area contributed by atoms with Gasteiger partial charge in [0.05, 0.1) is 11.4 Å². The smallest absolute Gasteiger partial charge is 0.227 e. The first-order valence-electron chi connectivity index (χ1n) is 6.43. The quantitative estimate of drug-likeness (QED) is 0.927. The van der Waals surface area contributed by atoms with Gasteiger partial charge in [0.1, 0.15) is 0 Å². The van der Waals surface area contributed by atoms with Gasteiger partial charge in [0.15, 0.2) is 0 Å². The molecule has 1 heterocycles. The summed E-state index contributed by atoms with van der Waals surface area (Å²) in [6, 6.07) is 5.51. The van der Waals surface area contributed by atoms with Gasteiger partial charge in [-0.15, -0.1) is 0 Å². The fourth-order valence-electron chi connectivity index (χ4n) is 2.19. The van der Waals surface area contributed by atoms with E-state index in [1.165, 1.54) is 0 Å². The number of rotatable bonds is 3. The van der Waals surface area contributed by atoms with Crippen LogP contribution in [0.15, 0.2) is 18.2 Å². The Labute approximate surface area is 118 Å². The van der Waals surface area contributed by atoms with E-state index in [9.17, 15) is 4.79 Å². The van der Waals surface area contributed by atoms with Crippen molar-refractivity contribution < 1.29 is 9.53 Å². The molecule has 1 aliphatic rings. The molecule has 104 valence electrons. The van der Waals surface area contributed by atoms with Crippen LogP contribution in [0.1, 0.15) is 12.8 Å².